The number of hydrogen-bond acceptors (Lipinski definition) is 2. The van der Waals surface area contributed by atoms with Crippen LogP contribution < -0.4 is 0 Å². The normalized spacial score (nSPS) is 12.3. The minimum Gasteiger partial charge on any atom is -0.353 e. The van der Waals surface area contributed by atoms with Gasteiger partial charge in [0.1, 0.15) is 11.6 Å². The van der Waals surface area contributed by atoms with Gasteiger partial charge in [0.25, 0.3) is 0 Å². The van der Waals surface area contributed by atoms with Gasteiger partial charge in [0.2, 0.25) is 0 Å². The summed E-state index contributed by atoms with van der Waals surface area (Å²) in [6.07, 6.45) is 8.58. The van der Waals surface area contributed by atoms with Crippen LogP contribution in [-0.2, 0) is 6.54 Å². The number of fused-ring (bicyclic) bond motifs is 9. The fourth-order valence-corrected chi connectivity index (χ4v) is 7.67. The summed E-state index contributed by atoms with van der Waals surface area (Å²) in [6, 6.07) is 28.3. The van der Waals surface area contributed by atoms with Gasteiger partial charge in [0.15, 0.2) is 0 Å². The molecule has 8 bridgehead atoms. The van der Waals surface area contributed by atoms with Crippen LogP contribution in [0.4, 0.5) is 0 Å². The second-order valence-corrected chi connectivity index (χ2v) is 13.3. The van der Waals surface area contributed by atoms with Gasteiger partial charge in [-0.1, -0.05) is 65.7 Å². The molecule has 0 radical (unpaired) electrons. The molecule has 0 atom stereocenters. The van der Waals surface area contributed by atoms with E-state index in [4.69, 9.17) is 9.97 Å². The lowest BCUT2D eigenvalue weighted by molar-refractivity contribution is 0.740. The second-order valence-electron chi connectivity index (χ2n) is 13.3. The van der Waals surface area contributed by atoms with Crippen molar-refractivity contribution >= 4 is 46.4 Å². The molecule has 48 heavy (non-hydrogen) atoms. The van der Waals surface area contributed by atoms with Crippen molar-refractivity contribution in [1.82, 2.24) is 24.5 Å². The van der Waals surface area contributed by atoms with E-state index in [0.717, 1.165) is 56.2 Å². The molecule has 3 aromatic heterocycles. The van der Waals surface area contributed by atoms with E-state index in [-0.39, 0.29) is 0 Å². The van der Waals surface area contributed by atoms with Gasteiger partial charge in [0, 0.05) is 22.2 Å². The Morgan fingerprint density at radius 2 is 0.896 bits per heavy atom. The number of hydrogen-bond donors (Lipinski definition) is 2. The van der Waals surface area contributed by atoms with E-state index >= 15 is 0 Å². The molecule has 2 N–H and O–H groups in total. The highest BCUT2D eigenvalue weighted by Crippen LogP contribution is 2.38. The highest BCUT2D eigenvalue weighted by Gasteiger charge is 2.20. The summed E-state index contributed by atoms with van der Waals surface area (Å²) in [7, 11) is 0. The van der Waals surface area contributed by atoms with Crippen molar-refractivity contribution in [3.05, 3.63) is 141 Å². The molecule has 0 spiro atoms. The molecule has 2 aliphatic rings. The van der Waals surface area contributed by atoms with Crippen molar-refractivity contribution in [2.45, 2.75) is 48.1 Å². The summed E-state index contributed by atoms with van der Waals surface area (Å²) in [5, 5.41) is 0. The molecule has 236 valence electrons. The number of aromatic amines is 2. The van der Waals surface area contributed by atoms with Crippen molar-refractivity contribution in [1.29, 1.82) is 0 Å². The van der Waals surface area contributed by atoms with Gasteiger partial charge in [0.05, 0.1) is 29.0 Å². The molecular formula is C43H39N5. The first-order valence-electron chi connectivity index (χ1n) is 16.6. The molecular weight excluding hydrogens is 587 g/mol. The third-order valence-corrected chi connectivity index (χ3v) is 9.55. The largest absolute Gasteiger partial charge is 0.353 e. The highest BCUT2D eigenvalue weighted by molar-refractivity contribution is 5.96. The van der Waals surface area contributed by atoms with Crippen LogP contribution in [0.1, 0.15) is 62.0 Å². The van der Waals surface area contributed by atoms with Crippen LogP contribution in [0.2, 0.25) is 0 Å². The lowest BCUT2D eigenvalue weighted by Crippen LogP contribution is -2.08. The number of benzene rings is 3. The first-order chi connectivity index (χ1) is 23.2. The second kappa shape index (κ2) is 11.5. The molecule has 8 rings (SSSR count). The minimum absolute atomic E-state index is 0.642. The van der Waals surface area contributed by atoms with Crippen LogP contribution in [0.15, 0.2) is 78.9 Å². The van der Waals surface area contributed by atoms with Crippen LogP contribution >= 0.6 is 0 Å². The number of aromatic nitrogens is 5. The third kappa shape index (κ3) is 5.12. The average molecular weight is 626 g/mol. The molecule has 0 amide bonds. The van der Waals surface area contributed by atoms with Crippen molar-refractivity contribution in [3.63, 3.8) is 0 Å². The Bertz CT molecular complexity index is 2280. The summed E-state index contributed by atoms with van der Waals surface area (Å²) >= 11 is 0. The number of nitrogens with one attached hydrogen (secondary N) is 2. The summed E-state index contributed by atoms with van der Waals surface area (Å²) in [5.74, 6) is 1.73. The van der Waals surface area contributed by atoms with E-state index in [1.807, 2.05) is 0 Å². The molecule has 0 fully saturated rings. The van der Waals surface area contributed by atoms with Crippen molar-refractivity contribution in [2.75, 3.05) is 0 Å². The molecule has 0 saturated carbocycles. The van der Waals surface area contributed by atoms with Gasteiger partial charge in [-0.05, 0) is 129 Å². The zero-order chi connectivity index (χ0) is 33.1. The van der Waals surface area contributed by atoms with Gasteiger partial charge < -0.3 is 14.5 Å². The van der Waals surface area contributed by atoms with E-state index in [1.165, 1.54) is 50.1 Å². The van der Waals surface area contributed by atoms with Crippen molar-refractivity contribution in [3.8, 4) is 22.3 Å². The fraction of sp³-hybridized carbons (Fsp3) is 0.163. The summed E-state index contributed by atoms with van der Waals surface area (Å²) < 4.78 is 2.24. The fourth-order valence-electron chi connectivity index (χ4n) is 7.67. The average Bonchev–Trinajstić information content (AvgIpc) is 3.87. The molecule has 5 heterocycles. The van der Waals surface area contributed by atoms with Gasteiger partial charge >= 0.3 is 0 Å². The Labute approximate surface area is 281 Å². The number of rotatable bonds is 4. The molecule has 0 unspecified atom stereocenters. The topological polar surface area (TPSA) is 62.3 Å². The zero-order valence-corrected chi connectivity index (χ0v) is 28.4. The van der Waals surface area contributed by atoms with Crippen molar-refractivity contribution in [2.24, 2.45) is 0 Å². The predicted octanol–water partition coefficient (Wildman–Crippen LogP) is 10.7. The Kier molecular flexibility index (Phi) is 7.14. The van der Waals surface area contributed by atoms with Gasteiger partial charge in [-0.2, -0.15) is 0 Å². The lowest BCUT2D eigenvalue weighted by atomic mass is 9.92. The number of aryl methyl sites for hydroxylation is 6. The summed E-state index contributed by atoms with van der Waals surface area (Å²) in [5.41, 5.74) is 19.2. The molecule has 0 saturated heterocycles. The highest BCUT2D eigenvalue weighted by atomic mass is 15.1. The van der Waals surface area contributed by atoms with Crippen LogP contribution in [0.25, 0.3) is 68.6 Å². The molecule has 6 aromatic rings. The monoisotopic (exact) mass is 625 g/mol. The summed E-state index contributed by atoms with van der Waals surface area (Å²) in [4.78, 5) is 18.3. The summed E-state index contributed by atoms with van der Waals surface area (Å²) in [6.45, 7) is 13.8. The zero-order valence-electron chi connectivity index (χ0n) is 28.4. The third-order valence-electron chi connectivity index (χ3n) is 9.55. The van der Waals surface area contributed by atoms with E-state index in [0.29, 0.717) is 6.54 Å². The van der Waals surface area contributed by atoms with E-state index in [9.17, 15) is 0 Å². The Hall–Kier alpha value is -5.68. The standard InChI is InChI=1S/C43H39N5/c1-25-20-27(3)40(28(4)21-25)42-34-14-12-32(44-34)33-13-15-35(45-33)43(41-29(5)22-26(2)23-30(41)6)37-17-19-39(47-37)48(38-18-16-36(42)46-38)24-31-10-8-7-9-11-31/h7-23,44-45H,24H2,1-6H3. The first kappa shape index (κ1) is 29.7. The lowest BCUT2D eigenvalue weighted by Gasteiger charge is -2.13. The van der Waals surface area contributed by atoms with Crippen LogP contribution in [0.5, 0.6) is 0 Å². The van der Waals surface area contributed by atoms with Gasteiger partial charge in [-0.3, -0.25) is 0 Å². The Morgan fingerprint density at radius 1 is 0.479 bits per heavy atom. The molecule has 5 heteroatoms. The Balaban J connectivity index is 1.54. The van der Waals surface area contributed by atoms with E-state index in [2.05, 4.69) is 159 Å². The van der Waals surface area contributed by atoms with Gasteiger partial charge in [-0.15, -0.1) is 0 Å². The minimum atomic E-state index is 0.642. The van der Waals surface area contributed by atoms with E-state index in [1.54, 1.807) is 0 Å². The maximum atomic E-state index is 5.37. The van der Waals surface area contributed by atoms with Gasteiger partial charge in [-0.25, -0.2) is 9.97 Å². The molecule has 3 aromatic carbocycles. The number of nitrogens with zero attached hydrogens (tertiary/aromatic N) is 3. The molecule has 2 aliphatic heterocycles. The maximum absolute atomic E-state index is 5.37. The Morgan fingerprint density at radius 3 is 1.33 bits per heavy atom. The quantitative estimate of drug-likeness (QED) is 0.204. The molecule has 0 aliphatic carbocycles. The van der Waals surface area contributed by atoms with Crippen LogP contribution in [0, 0.1) is 41.5 Å². The maximum Gasteiger partial charge on any atom is 0.135 e. The van der Waals surface area contributed by atoms with E-state index < -0.39 is 0 Å². The number of H-pyrrole nitrogens is 2. The SMILES string of the molecule is Cc1cc(C)c(-c2c3nc(n(Cc4ccccc4)c4nc(c(-c5c(C)cc(C)cc5C)c5ccc([nH]5)c5ccc2[nH]5)C=C4)C=C3)c(C)c1. The van der Waals surface area contributed by atoms with Crippen LogP contribution in [0.3, 0.4) is 0 Å². The molecule has 5 nitrogen and oxygen atoms in total. The predicted molar refractivity (Wildman–Crippen MR) is 202 cm³/mol. The van der Waals surface area contributed by atoms with Crippen molar-refractivity contribution < 1.29 is 0 Å². The first-order valence-corrected chi connectivity index (χ1v) is 16.6. The van der Waals surface area contributed by atoms with Crippen LogP contribution in [-0.4, -0.2) is 24.5 Å². The smallest absolute Gasteiger partial charge is 0.135 e.